The Morgan fingerprint density at radius 3 is 1.62 bits per heavy atom. The predicted octanol–water partition coefficient (Wildman–Crippen LogP) is -0.535. The summed E-state index contributed by atoms with van der Waals surface area (Å²) in [6.07, 6.45) is 0. The molecule has 0 aromatic carbocycles. The maximum absolute atomic E-state index is 8.87. The Labute approximate surface area is 79.6 Å². The average molecular weight is 210 g/mol. The normalized spacial score (nSPS) is 12.5. The van der Waals surface area contributed by atoms with Gasteiger partial charge >= 0.3 is 8.80 Å². The first-order valence-electron chi connectivity index (χ1n) is 4.05. The summed E-state index contributed by atoms with van der Waals surface area (Å²) < 4.78 is 15.4. The first-order chi connectivity index (χ1) is 6.17. The highest BCUT2D eigenvalue weighted by atomic mass is 28.4. The summed E-state index contributed by atoms with van der Waals surface area (Å²) in [5.41, 5.74) is 0. The third-order valence-electron chi connectivity index (χ3n) is 1.99. The van der Waals surface area contributed by atoms with E-state index in [2.05, 4.69) is 0 Å². The summed E-state index contributed by atoms with van der Waals surface area (Å²) in [5.74, 6) is -0.244. The molecule has 80 valence electrons. The minimum atomic E-state index is -2.64. The Morgan fingerprint density at radius 2 is 1.38 bits per heavy atom. The molecular formula is C7H18O5Si. The van der Waals surface area contributed by atoms with Crippen molar-refractivity contribution in [3.63, 3.8) is 0 Å². The molecule has 0 heterocycles. The van der Waals surface area contributed by atoms with Gasteiger partial charge in [-0.2, -0.15) is 0 Å². The van der Waals surface area contributed by atoms with E-state index in [1.54, 1.807) is 0 Å². The minimum absolute atomic E-state index is 0.0959. The Bertz CT molecular complexity index is 116. The second kappa shape index (κ2) is 6.47. The van der Waals surface area contributed by atoms with Crippen LogP contribution >= 0.6 is 0 Å². The van der Waals surface area contributed by atoms with Crippen molar-refractivity contribution in [1.82, 2.24) is 0 Å². The third kappa shape index (κ3) is 3.71. The molecule has 0 saturated heterocycles. The Balaban J connectivity index is 4.21. The first-order valence-corrected chi connectivity index (χ1v) is 5.98. The van der Waals surface area contributed by atoms with E-state index < -0.39 is 8.80 Å². The number of hydrogen-bond donors (Lipinski definition) is 2. The highest BCUT2D eigenvalue weighted by molar-refractivity contribution is 6.60. The molecule has 0 fully saturated rings. The average Bonchev–Trinajstić information content (AvgIpc) is 2.21. The summed E-state index contributed by atoms with van der Waals surface area (Å²) >= 11 is 0. The van der Waals surface area contributed by atoms with E-state index in [4.69, 9.17) is 23.5 Å². The van der Waals surface area contributed by atoms with Crippen LogP contribution < -0.4 is 0 Å². The van der Waals surface area contributed by atoms with Gasteiger partial charge in [-0.05, 0) is 0 Å². The van der Waals surface area contributed by atoms with Gasteiger partial charge in [0.05, 0.1) is 0 Å². The first kappa shape index (κ1) is 13.0. The van der Waals surface area contributed by atoms with E-state index in [9.17, 15) is 0 Å². The van der Waals surface area contributed by atoms with Gasteiger partial charge in [-0.1, -0.05) is 0 Å². The van der Waals surface area contributed by atoms with Crippen molar-refractivity contribution in [3.05, 3.63) is 0 Å². The zero-order chi connectivity index (χ0) is 10.3. The fourth-order valence-electron chi connectivity index (χ4n) is 1.04. The van der Waals surface area contributed by atoms with Crippen molar-refractivity contribution in [2.24, 2.45) is 5.92 Å². The van der Waals surface area contributed by atoms with E-state index >= 15 is 0 Å². The number of rotatable bonds is 7. The van der Waals surface area contributed by atoms with Crippen LogP contribution in [0.25, 0.3) is 0 Å². The van der Waals surface area contributed by atoms with Gasteiger partial charge in [0.2, 0.25) is 0 Å². The van der Waals surface area contributed by atoms with Gasteiger partial charge in [0, 0.05) is 46.5 Å². The molecule has 0 radical (unpaired) electrons. The highest BCUT2D eigenvalue weighted by Crippen LogP contribution is 2.18. The number of hydrogen-bond acceptors (Lipinski definition) is 5. The van der Waals surface area contributed by atoms with Gasteiger partial charge in [-0.25, -0.2) is 0 Å². The zero-order valence-corrected chi connectivity index (χ0v) is 9.32. The third-order valence-corrected chi connectivity index (χ3v) is 4.93. The lowest BCUT2D eigenvalue weighted by Crippen LogP contribution is -2.45. The van der Waals surface area contributed by atoms with Gasteiger partial charge in [0.15, 0.2) is 0 Å². The minimum Gasteiger partial charge on any atom is -0.396 e. The molecule has 0 aromatic heterocycles. The molecule has 0 bridgehead atoms. The Hall–Kier alpha value is 0.0169. The smallest absolute Gasteiger partial charge is 0.396 e. The fraction of sp³-hybridized carbons (Fsp3) is 1.00. The van der Waals surface area contributed by atoms with Crippen LogP contribution in [0.15, 0.2) is 0 Å². The number of aliphatic hydroxyl groups excluding tert-OH is 2. The van der Waals surface area contributed by atoms with Gasteiger partial charge < -0.3 is 23.5 Å². The van der Waals surface area contributed by atoms with Crippen molar-refractivity contribution < 1.29 is 23.5 Å². The van der Waals surface area contributed by atoms with E-state index in [0.717, 1.165) is 0 Å². The highest BCUT2D eigenvalue weighted by Gasteiger charge is 2.40. The van der Waals surface area contributed by atoms with Gasteiger partial charge in [-0.15, -0.1) is 0 Å². The summed E-state index contributed by atoms with van der Waals surface area (Å²) in [7, 11) is 1.87. The molecule has 13 heavy (non-hydrogen) atoms. The molecule has 5 nitrogen and oxygen atoms in total. The van der Waals surface area contributed by atoms with Crippen molar-refractivity contribution in [2.75, 3.05) is 34.5 Å². The molecule has 0 rings (SSSR count). The van der Waals surface area contributed by atoms with Gasteiger partial charge in [-0.3, -0.25) is 0 Å². The Kier molecular flexibility index (Phi) is 6.48. The van der Waals surface area contributed by atoms with Crippen LogP contribution in [0.5, 0.6) is 0 Å². The predicted molar refractivity (Wildman–Crippen MR) is 49.2 cm³/mol. The van der Waals surface area contributed by atoms with Crippen molar-refractivity contribution in [1.29, 1.82) is 0 Å². The molecule has 0 aliphatic rings. The van der Waals surface area contributed by atoms with E-state index in [-0.39, 0.29) is 19.1 Å². The van der Waals surface area contributed by atoms with Crippen molar-refractivity contribution in [2.45, 2.75) is 6.04 Å². The fourth-order valence-corrected chi connectivity index (χ4v) is 3.01. The lowest BCUT2D eigenvalue weighted by molar-refractivity contribution is 0.0967. The summed E-state index contributed by atoms with van der Waals surface area (Å²) in [6, 6.07) is 0.420. The molecule has 0 aliphatic heterocycles. The van der Waals surface area contributed by atoms with Crippen LogP contribution in [0.4, 0.5) is 0 Å². The molecule has 0 unspecified atom stereocenters. The van der Waals surface area contributed by atoms with Gasteiger partial charge in [0.25, 0.3) is 0 Å². The van der Waals surface area contributed by atoms with E-state index in [1.807, 2.05) is 0 Å². The monoisotopic (exact) mass is 210 g/mol. The molecule has 0 aliphatic carbocycles. The number of aliphatic hydroxyl groups is 2. The van der Waals surface area contributed by atoms with Crippen molar-refractivity contribution >= 4 is 8.80 Å². The summed E-state index contributed by atoms with van der Waals surface area (Å²) in [4.78, 5) is 0. The van der Waals surface area contributed by atoms with E-state index in [1.165, 1.54) is 21.3 Å². The van der Waals surface area contributed by atoms with Crippen LogP contribution in [0, 0.1) is 5.92 Å². The molecule has 0 spiro atoms. The maximum Gasteiger partial charge on any atom is 0.500 e. The maximum atomic E-state index is 8.87. The van der Waals surface area contributed by atoms with Crippen LogP contribution in [-0.4, -0.2) is 53.6 Å². The largest absolute Gasteiger partial charge is 0.500 e. The SMILES string of the molecule is CO[Si](CC(CO)CO)(OC)OC. The summed E-state index contributed by atoms with van der Waals surface area (Å²) in [6.45, 7) is -0.192. The van der Waals surface area contributed by atoms with Crippen LogP contribution in [0.2, 0.25) is 6.04 Å². The molecule has 0 atom stereocenters. The second-order valence-electron chi connectivity index (χ2n) is 2.73. The molecule has 0 saturated carbocycles. The molecule has 6 heteroatoms. The lowest BCUT2D eigenvalue weighted by atomic mass is 10.2. The van der Waals surface area contributed by atoms with Gasteiger partial charge in [0.1, 0.15) is 0 Å². The van der Waals surface area contributed by atoms with Crippen LogP contribution in [0.3, 0.4) is 0 Å². The second-order valence-corrected chi connectivity index (χ2v) is 5.73. The standard InChI is InChI=1S/C7H18O5Si/c1-10-13(11-2,12-3)6-7(4-8)5-9/h7-9H,4-6H2,1-3H3. The quantitative estimate of drug-likeness (QED) is 0.553. The van der Waals surface area contributed by atoms with Crippen molar-refractivity contribution in [3.8, 4) is 0 Å². The lowest BCUT2D eigenvalue weighted by Gasteiger charge is -2.27. The topological polar surface area (TPSA) is 68.2 Å². The molecule has 2 N–H and O–H groups in total. The molecule has 0 aromatic rings. The molecular weight excluding hydrogens is 192 g/mol. The summed E-state index contributed by atoms with van der Waals surface area (Å²) in [5, 5.41) is 17.7. The molecule has 0 amide bonds. The van der Waals surface area contributed by atoms with Crippen LogP contribution in [0.1, 0.15) is 0 Å². The zero-order valence-electron chi connectivity index (χ0n) is 8.32. The Morgan fingerprint density at radius 1 is 1.00 bits per heavy atom. The van der Waals surface area contributed by atoms with E-state index in [0.29, 0.717) is 6.04 Å². The van der Waals surface area contributed by atoms with Crippen LogP contribution in [-0.2, 0) is 13.3 Å².